The van der Waals surface area contributed by atoms with Crippen molar-refractivity contribution >= 4 is 22.6 Å². The Balaban J connectivity index is 2.45. The van der Waals surface area contributed by atoms with Crippen LogP contribution < -0.4 is 0 Å². The van der Waals surface area contributed by atoms with Crippen molar-refractivity contribution in [1.82, 2.24) is 4.98 Å². The van der Waals surface area contributed by atoms with Crippen LogP contribution in [0.15, 0.2) is 41.0 Å². The molecule has 0 saturated carbocycles. The summed E-state index contributed by atoms with van der Waals surface area (Å²) < 4.78 is 6.11. The monoisotopic (exact) mass is 271 g/mol. The fourth-order valence-corrected chi connectivity index (χ4v) is 1.31. The van der Waals surface area contributed by atoms with Crippen LogP contribution in [-0.2, 0) is 0 Å². The molecule has 0 aliphatic heterocycles. The molecule has 0 spiro atoms. The van der Waals surface area contributed by atoms with Crippen LogP contribution in [0.1, 0.15) is 0 Å². The third kappa shape index (κ3) is 1.50. The second kappa shape index (κ2) is 3.26. The van der Waals surface area contributed by atoms with E-state index in [0.717, 1.165) is 9.26 Å². The van der Waals surface area contributed by atoms with E-state index in [2.05, 4.69) is 27.6 Å². The lowest BCUT2D eigenvalue weighted by Crippen LogP contribution is -1.75. The average molecular weight is 271 g/mol. The van der Waals surface area contributed by atoms with Crippen LogP contribution >= 0.6 is 22.6 Å². The molecule has 0 unspecified atom stereocenters. The molecule has 1 aromatic carbocycles. The average Bonchev–Trinajstić information content (AvgIpc) is 2.54. The molecular weight excluding hydrogens is 265 g/mol. The number of oxazole rings is 1. The predicted octanol–water partition coefficient (Wildman–Crippen LogP) is 2.95. The number of aromatic nitrogens is 1. The lowest BCUT2D eigenvalue weighted by molar-refractivity contribution is 0.573. The van der Waals surface area contributed by atoms with Gasteiger partial charge >= 0.3 is 0 Å². The summed E-state index contributed by atoms with van der Waals surface area (Å²) in [6, 6.07) is 9.85. The van der Waals surface area contributed by atoms with Gasteiger partial charge in [0.2, 0.25) is 5.89 Å². The molecule has 0 radical (unpaired) electrons. The van der Waals surface area contributed by atoms with Crippen molar-refractivity contribution < 1.29 is 4.42 Å². The van der Waals surface area contributed by atoms with E-state index in [1.54, 1.807) is 6.26 Å². The molecule has 0 aliphatic carbocycles. The maximum Gasteiger partial charge on any atom is 0.226 e. The Hall–Kier alpha value is -0.840. The number of hydrogen-bond donors (Lipinski definition) is 0. The normalized spacial score (nSPS) is 10.1. The molecule has 0 N–H and O–H groups in total. The Bertz CT molecular complexity index is 369. The Morgan fingerprint density at radius 2 is 1.92 bits per heavy atom. The maximum atomic E-state index is 5.23. The summed E-state index contributed by atoms with van der Waals surface area (Å²) >= 11 is 2.12. The van der Waals surface area contributed by atoms with Gasteiger partial charge in [-0.2, -0.15) is 0 Å². The summed E-state index contributed by atoms with van der Waals surface area (Å²) in [4.78, 5) is 4.20. The molecule has 1 aromatic heterocycles. The standard InChI is InChI=1S/C9H6INO/c10-8-6-12-9(11-8)7-4-2-1-3-5-7/h1-6H. The third-order valence-electron chi connectivity index (χ3n) is 1.50. The van der Waals surface area contributed by atoms with Crippen molar-refractivity contribution in [2.75, 3.05) is 0 Å². The number of hydrogen-bond acceptors (Lipinski definition) is 2. The van der Waals surface area contributed by atoms with Crippen LogP contribution in [0.4, 0.5) is 0 Å². The molecule has 0 bridgehead atoms. The first-order valence-corrected chi connectivity index (χ1v) is 4.60. The second-order valence-corrected chi connectivity index (χ2v) is 3.45. The number of benzene rings is 1. The fourth-order valence-electron chi connectivity index (χ4n) is 0.967. The maximum absolute atomic E-state index is 5.23. The smallest absolute Gasteiger partial charge is 0.226 e. The lowest BCUT2D eigenvalue weighted by Gasteiger charge is -1.91. The van der Waals surface area contributed by atoms with Gasteiger partial charge in [0, 0.05) is 5.56 Å². The highest BCUT2D eigenvalue weighted by Gasteiger charge is 2.02. The molecule has 0 atom stereocenters. The highest BCUT2D eigenvalue weighted by Crippen LogP contribution is 2.18. The molecule has 60 valence electrons. The van der Waals surface area contributed by atoms with Crippen LogP contribution in [0.5, 0.6) is 0 Å². The van der Waals surface area contributed by atoms with E-state index >= 15 is 0 Å². The van der Waals surface area contributed by atoms with Crippen molar-refractivity contribution in [3.8, 4) is 11.5 Å². The van der Waals surface area contributed by atoms with Gasteiger partial charge in [-0.3, -0.25) is 0 Å². The SMILES string of the molecule is Ic1coc(-c2ccccc2)n1. The van der Waals surface area contributed by atoms with Gasteiger partial charge in [-0.25, -0.2) is 4.98 Å². The number of rotatable bonds is 1. The van der Waals surface area contributed by atoms with Crippen LogP contribution in [0.25, 0.3) is 11.5 Å². The van der Waals surface area contributed by atoms with Crippen molar-refractivity contribution in [2.24, 2.45) is 0 Å². The molecule has 12 heavy (non-hydrogen) atoms. The predicted molar refractivity (Wildman–Crippen MR) is 54.7 cm³/mol. The van der Waals surface area contributed by atoms with Crippen molar-refractivity contribution in [3.05, 3.63) is 40.3 Å². The molecule has 0 aliphatic rings. The number of nitrogens with zero attached hydrogens (tertiary/aromatic N) is 1. The summed E-state index contributed by atoms with van der Waals surface area (Å²) in [7, 11) is 0. The molecule has 3 heteroatoms. The van der Waals surface area contributed by atoms with E-state index < -0.39 is 0 Å². The van der Waals surface area contributed by atoms with Gasteiger partial charge in [0.15, 0.2) is 0 Å². The first-order valence-electron chi connectivity index (χ1n) is 3.53. The quantitative estimate of drug-likeness (QED) is 0.745. The van der Waals surface area contributed by atoms with Gasteiger partial charge in [0.05, 0.1) is 0 Å². The van der Waals surface area contributed by atoms with Gasteiger partial charge in [-0.15, -0.1) is 0 Å². The molecule has 1 heterocycles. The van der Waals surface area contributed by atoms with E-state index in [4.69, 9.17) is 4.42 Å². The zero-order chi connectivity index (χ0) is 8.39. The second-order valence-electron chi connectivity index (χ2n) is 2.34. The first-order chi connectivity index (χ1) is 5.86. The topological polar surface area (TPSA) is 26.0 Å². The van der Waals surface area contributed by atoms with E-state index in [-0.39, 0.29) is 0 Å². The van der Waals surface area contributed by atoms with Crippen LogP contribution in [0.2, 0.25) is 0 Å². The Morgan fingerprint density at radius 3 is 2.50 bits per heavy atom. The van der Waals surface area contributed by atoms with Crippen molar-refractivity contribution in [3.63, 3.8) is 0 Å². The Morgan fingerprint density at radius 1 is 1.17 bits per heavy atom. The van der Waals surface area contributed by atoms with Crippen LogP contribution in [-0.4, -0.2) is 4.98 Å². The highest BCUT2D eigenvalue weighted by molar-refractivity contribution is 14.1. The Kier molecular flexibility index (Phi) is 2.12. The fraction of sp³-hybridized carbons (Fsp3) is 0. The minimum absolute atomic E-state index is 0.681. The molecule has 0 amide bonds. The largest absolute Gasteiger partial charge is 0.443 e. The molecule has 2 aromatic rings. The molecule has 0 fully saturated rings. The van der Waals surface area contributed by atoms with E-state index in [9.17, 15) is 0 Å². The van der Waals surface area contributed by atoms with E-state index in [1.165, 1.54) is 0 Å². The molecule has 2 rings (SSSR count). The Labute approximate surface area is 83.8 Å². The zero-order valence-electron chi connectivity index (χ0n) is 6.20. The van der Waals surface area contributed by atoms with E-state index in [1.807, 2.05) is 30.3 Å². The van der Waals surface area contributed by atoms with Gasteiger partial charge in [-0.05, 0) is 34.7 Å². The van der Waals surface area contributed by atoms with Gasteiger partial charge in [-0.1, -0.05) is 18.2 Å². The summed E-state index contributed by atoms with van der Waals surface area (Å²) in [5, 5.41) is 0. The highest BCUT2D eigenvalue weighted by atomic mass is 127. The lowest BCUT2D eigenvalue weighted by atomic mass is 10.2. The van der Waals surface area contributed by atoms with Crippen LogP contribution in [0.3, 0.4) is 0 Å². The summed E-state index contributed by atoms with van der Waals surface area (Å²) in [6.07, 6.45) is 1.64. The minimum Gasteiger partial charge on any atom is -0.443 e. The molecule has 2 nitrogen and oxygen atoms in total. The summed E-state index contributed by atoms with van der Waals surface area (Å²) in [6.45, 7) is 0. The number of halogens is 1. The minimum atomic E-state index is 0.681. The third-order valence-corrected chi connectivity index (χ3v) is 1.99. The first kappa shape index (κ1) is 7.79. The zero-order valence-corrected chi connectivity index (χ0v) is 8.36. The van der Waals surface area contributed by atoms with Crippen molar-refractivity contribution in [1.29, 1.82) is 0 Å². The molecular formula is C9H6INO. The summed E-state index contributed by atoms with van der Waals surface area (Å²) in [5.41, 5.74) is 1.01. The van der Waals surface area contributed by atoms with Gasteiger partial charge in [0.1, 0.15) is 9.96 Å². The van der Waals surface area contributed by atoms with Gasteiger partial charge in [0.25, 0.3) is 0 Å². The van der Waals surface area contributed by atoms with Crippen molar-refractivity contribution in [2.45, 2.75) is 0 Å². The van der Waals surface area contributed by atoms with Crippen LogP contribution in [0, 0.1) is 3.70 Å². The van der Waals surface area contributed by atoms with Gasteiger partial charge < -0.3 is 4.42 Å². The summed E-state index contributed by atoms with van der Waals surface area (Å²) in [5.74, 6) is 0.681. The van der Waals surface area contributed by atoms with E-state index in [0.29, 0.717) is 5.89 Å². The molecule has 0 saturated heterocycles.